The zero-order valence-electron chi connectivity index (χ0n) is 11.9. The average molecular weight is 323 g/mol. The number of carbonyl (C=O) groups excluding carboxylic acids is 2. The van der Waals surface area contributed by atoms with Crippen molar-refractivity contribution in [3.63, 3.8) is 0 Å². The fraction of sp³-hybridized carbons (Fsp3) is 0.467. The lowest BCUT2D eigenvalue weighted by atomic mass is 10.2. The van der Waals surface area contributed by atoms with E-state index in [0.717, 1.165) is 18.4 Å². The molecule has 1 aliphatic carbocycles. The standard InChI is InChI=1S/C15H15ClN2O4/c16-11-5-9(6-12-14(11)22-4-3-21-12)7-18-13(19)8-17(15(18)20)10-1-2-10/h5-6,10H,1-4,7-8H2. The number of ether oxygens (including phenoxy) is 2. The van der Waals surface area contributed by atoms with Crippen LogP contribution in [0.1, 0.15) is 18.4 Å². The number of amides is 3. The Kier molecular flexibility index (Phi) is 3.14. The number of hydrogen-bond donors (Lipinski definition) is 0. The molecule has 1 saturated carbocycles. The first-order chi connectivity index (χ1) is 10.6. The minimum absolute atomic E-state index is 0.164. The molecule has 4 rings (SSSR count). The molecule has 0 bridgehead atoms. The van der Waals surface area contributed by atoms with Crippen LogP contribution in [-0.2, 0) is 11.3 Å². The molecule has 1 saturated heterocycles. The Morgan fingerprint density at radius 3 is 2.73 bits per heavy atom. The molecule has 0 N–H and O–H groups in total. The number of halogens is 1. The molecule has 2 fully saturated rings. The number of rotatable bonds is 3. The molecular weight excluding hydrogens is 308 g/mol. The summed E-state index contributed by atoms with van der Waals surface area (Å²) in [4.78, 5) is 27.3. The summed E-state index contributed by atoms with van der Waals surface area (Å²) in [5, 5.41) is 0.436. The summed E-state index contributed by atoms with van der Waals surface area (Å²) in [5.74, 6) is 0.921. The van der Waals surface area contributed by atoms with Crippen molar-refractivity contribution in [3.05, 3.63) is 22.7 Å². The van der Waals surface area contributed by atoms with Crippen molar-refractivity contribution in [1.82, 2.24) is 9.80 Å². The average Bonchev–Trinajstić information content (AvgIpc) is 3.30. The van der Waals surface area contributed by atoms with Crippen LogP contribution in [0.5, 0.6) is 11.5 Å². The van der Waals surface area contributed by atoms with Gasteiger partial charge in [0, 0.05) is 6.04 Å². The van der Waals surface area contributed by atoms with E-state index in [1.165, 1.54) is 4.90 Å². The van der Waals surface area contributed by atoms with Gasteiger partial charge in [0.25, 0.3) is 5.91 Å². The maximum absolute atomic E-state index is 12.3. The predicted molar refractivity (Wildman–Crippen MR) is 78.1 cm³/mol. The van der Waals surface area contributed by atoms with Crippen LogP contribution in [0.25, 0.3) is 0 Å². The van der Waals surface area contributed by atoms with Gasteiger partial charge in [-0.05, 0) is 30.5 Å². The Labute approximate surface area is 132 Å². The number of fused-ring (bicyclic) bond motifs is 1. The summed E-state index contributed by atoms with van der Waals surface area (Å²) >= 11 is 6.19. The van der Waals surface area contributed by atoms with Crippen LogP contribution in [0.4, 0.5) is 4.79 Å². The van der Waals surface area contributed by atoms with Crippen LogP contribution in [0.3, 0.4) is 0 Å². The van der Waals surface area contributed by atoms with Crippen molar-refractivity contribution in [2.75, 3.05) is 19.8 Å². The summed E-state index contributed by atoms with van der Waals surface area (Å²) < 4.78 is 11.0. The van der Waals surface area contributed by atoms with E-state index in [4.69, 9.17) is 21.1 Å². The molecule has 0 spiro atoms. The lowest BCUT2D eigenvalue weighted by Gasteiger charge is -2.21. The molecule has 7 heteroatoms. The number of hydrogen-bond acceptors (Lipinski definition) is 4. The van der Waals surface area contributed by atoms with Crippen molar-refractivity contribution in [2.24, 2.45) is 0 Å². The van der Waals surface area contributed by atoms with Gasteiger partial charge in [0.15, 0.2) is 11.5 Å². The highest BCUT2D eigenvalue weighted by molar-refractivity contribution is 6.32. The number of urea groups is 1. The maximum Gasteiger partial charge on any atom is 0.327 e. The summed E-state index contributed by atoms with van der Waals surface area (Å²) in [6.07, 6.45) is 1.98. The van der Waals surface area contributed by atoms with Crippen molar-refractivity contribution < 1.29 is 19.1 Å². The molecule has 3 aliphatic rings. The zero-order valence-corrected chi connectivity index (χ0v) is 12.6. The normalized spacial score (nSPS) is 20.8. The van der Waals surface area contributed by atoms with Crippen LogP contribution in [0, 0.1) is 0 Å². The van der Waals surface area contributed by atoms with Gasteiger partial charge in [0.2, 0.25) is 0 Å². The van der Waals surface area contributed by atoms with Crippen molar-refractivity contribution >= 4 is 23.5 Å². The quantitative estimate of drug-likeness (QED) is 0.799. The molecule has 2 heterocycles. The minimum Gasteiger partial charge on any atom is -0.486 e. The molecule has 116 valence electrons. The molecule has 1 aromatic carbocycles. The third-order valence-corrected chi connectivity index (χ3v) is 4.35. The summed E-state index contributed by atoms with van der Waals surface area (Å²) in [6, 6.07) is 3.53. The van der Waals surface area contributed by atoms with Gasteiger partial charge in [-0.3, -0.25) is 9.69 Å². The molecule has 2 aliphatic heterocycles. The van der Waals surface area contributed by atoms with Crippen molar-refractivity contribution in [1.29, 1.82) is 0 Å². The highest BCUT2D eigenvalue weighted by Gasteiger charge is 2.43. The van der Waals surface area contributed by atoms with Gasteiger partial charge in [-0.25, -0.2) is 4.79 Å². The fourth-order valence-corrected chi connectivity index (χ4v) is 3.11. The summed E-state index contributed by atoms with van der Waals surface area (Å²) in [5.41, 5.74) is 0.758. The van der Waals surface area contributed by atoms with Gasteiger partial charge in [0.1, 0.15) is 19.8 Å². The summed E-state index contributed by atoms with van der Waals surface area (Å²) in [7, 11) is 0. The van der Waals surface area contributed by atoms with Gasteiger partial charge in [-0.15, -0.1) is 0 Å². The van der Waals surface area contributed by atoms with Crippen LogP contribution in [0.2, 0.25) is 5.02 Å². The first-order valence-corrected chi connectivity index (χ1v) is 7.70. The Balaban J connectivity index is 1.57. The van der Waals surface area contributed by atoms with Crippen molar-refractivity contribution in [2.45, 2.75) is 25.4 Å². The highest BCUT2D eigenvalue weighted by Crippen LogP contribution is 2.39. The second-order valence-electron chi connectivity index (χ2n) is 5.72. The molecule has 0 atom stereocenters. The highest BCUT2D eigenvalue weighted by atomic mass is 35.5. The summed E-state index contributed by atoms with van der Waals surface area (Å²) in [6.45, 7) is 1.31. The predicted octanol–water partition coefficient (Wildman–Crippen LogP) is 2.04. The van der Waals surface area contributed by atoms with E-state index in [9.17, 15) is 9.59 Å². The lowest BCUT2D eigenvalue weighted by Crippen LogP contribution is -2.33. The lowest BCUT2D eigenvalue weighted by molar-refractivity contribution is -0.125. The Hall–Kier alpha value is -1.95. The van der Waals surface area contributed by atoms with E-state index in [0.29, 0.717) is 29.7 Å². The van der Waals surface area contributed by atoms with Gasteiger partial charge >= 0.3 is 6.03 Å². The zero-order chi connectivity index (χ0) is 15.3. The van der Waals surface area contributed by atoms with Crippen molar-refractivity contribution in [3.8, 4) is 11.5 Å². The first kappa shape index (κ1) is 13.7. The Bertz CT molecular complexity index is 659. The SMILES string of the molecule is O=C1CN(C2CC2)C(=O)N1Cc1cc(Cl)c2c(c1)OCCO2. The van der Waals surface area contributed by atoms with E-state index in [1.807, 2.05) is 0 Å². The molecule has 0 unspecified atom stereocenters. The molecule has 22 heavy (non-hydrogen) atoms. The Morgan fingerprint density at radius 1 is 1.18 bits per heavy atom. The van der Waals surface area contributed by atoms with Crippen LogP contribution in [-0.4, -0.2) is 47.5 Å². The maximum atomic E-state index is 12.3. The molecule has 1 aromatic rings. The first-order valence-electron chi connectivity index (χ1n) is 7.32. The fourth-order valence-electron chi connectivity index (χ4n) is 2.83. The van der Waals surface area contributed by atoms with Gasteiger partial charge in [-0.2, -0.15) is 0 Å². The Morgan fingerprint density at radius 2 is 1.95 bits per heavy atom. The smallest absolute Gasteiger partial charge is 0.327 e. The van der Waals surface area contributed by atoms with Gasteiger partial charge < -0.3 is 14.4 Å². The van der Waals surface area contributed by atoms with E-state index in [-0.39, 0.29) is 31.1 Å². The third kappa shape index (κ3) is 2.27. The van der Waals surface area contributed by atoms with E-state index >= 15 is 0 Å². The molecule has 6 nitrogen and oxygen atoms in total. The van der Waals surface area contributed by atoms with Crippen LogP contribution >= 0.6 is 11.6 Å². The topological polar surface area (TPSA) is 59.1 Å². The van der Waals surface area contributed by atoms with Gasteiger partial charge in [-0.1, -0.05) is 11.6 Å². The minimum atomic E-state index is -0.210. The third-order valence-electron chi connectivity index (χ3n) is 4.07. The molecular formula is C15H15ClN2O4. The second-order valence-corrected chi connectivity index (χ2v) is 6.13. The number of carbonyl (C=O) groups is 2. The number of nitrogens with zero attached hydrogens (tertiary/aromatic N) is 2. The van der Waals surface area contributed by atoms with Crippen LogP contribution in [0.15, 0.2) is 12.1 Å². The largest absolute Gasteiger partial charge is 0.486 e. The monoisotopic (exact) mass is 322 g/mol. The number of imide groups is 1. The molecule has 3 amide bonds. The van der Waals surface area contributed by atoms with Gasteiger partial charge in [0.05, 0.1) is 11.6 Å². The molecule has 0 radical (unpaired) electrons. The number of benzene rings is 1. The van der Waals surface area contributed by atoms with Crippen LogP contribution < -0.4 is 9.47 Å². The van der Waals surface area contributed by atoms with E-state index in [1.54, 1.807) is 17.0 Å². The van der Waals surface area contributed by atoms with E-state index in [2.05, 4.69) is 0 Å². The van der Waals surface area contributed by atoms with E-state index < -0.39 is 0 Å². The second kappa shape index (κ2) is 5.05. The molecule has 0 aromatic heterocycles.